The van der Waals surface area contributed by atoms with Crippen LogP contribution in [-0.2, 0) is 4.79 Å². The van der Waals surface area contributed by atoms with E-state index < -0.39 is 0 Å². The summed E-state index contributed by atoms with van der Waals surface area (Å²) in [7, 11) is 0. The lowest BCUT2D eigenvalue weighted by Gasteiger charge is -2.33. The molecular formula is C16H23N3O2. The predicted octanol–water partition coefficient (Wildman–Crippen LogP) is 1.05. The van der Waals surface area contributed by atoms with Gasteiger partial charge in [-0.1, -0.05) is 5.92 Å². The number of amides is 3. The van der Waals surface area contributed by atoms with Gasteiger partial charge in [-0.2, -0.15) is 0 Å². The fraction of sp³-hybridized carbons (Fsp3) is 0.750. The second kappa shape index (κ2) is 5.59. The fourth-order valence-corrected chi connectivity index (χ4v) is 3.80. The van der Waals surface area contributed by atoms with Crippen molar-refractivity contribution < 1.29 is 9.59 Å². The lowest BCUT2D eigenvalue weighted by molar-refractivity contribution is -0.132. The summed E-state index contributed by atoms with van der Waals surface area (Å²) < 4.78 is 0. The third-order valence-electron chi connectivity index (χ3n) is 5.29. The molecule has 1 spiro atoms. The van der Waals surface area contributed by atoms with Gasteiger partial charge in [-0.05, 0) is 37.5 Å². The summed E-state index contributed by atoms with van der Waals surface area (Å²) in [5, 5.41) is 2.70. The third kappa shape index (κ3) is 2.72. The summed E-state index contributed by atoms with van der Waals surface area (Å²) in [6.07, 6.45) is 10.3. The van der Waals surface area contributed by atoms with Crippen LogP contribution in [0.15, 0.2) is 0 Å². The molecule has 3 rings (SSSR count). The molecule has 2 aliphatic heterocycles. The molecule has 2 saturated heterocycles. The Hall–Kier alpha value is -1.70. The van der Waals surface area contributed by atoms with Crippen LogP contribution in [0.2, 0.25) is 0 Å². The molecule has 3 amide bonds. The van der Waals surface area contributed by atoms with E-state index >= 15 is 0 Å². The van der Waals surface area contributed by atoms with E-state index in [1.807, 2.05) is 9.80 Å². The minimum absolute atomic E-state index is 0.0779. The molecule has 1 atom stereocenters. The van der Waals surface area contributed by atoms with Crippen molar-refractivity contribution in [1.29, 1.82) is 0 Å². The Morgan fingerprint density at radius 1 is 1.14 bits per heavy atom. The van der Waals surface area contributed by atoms with Gasteiger partial charge in [0.25, 0.3) is 0 Å². The van der Waals surface area contributed by atoms with E-state index in [9.17, 15) is 9.59 Å². The SMILES string of the molecule is C#CCNC(=O)N1CCC2(CC1)C[C@@H]2C(=O)N1CCCC1. The summed E-state index contributed by atoms with van der Waals surface area (Å²) in [5.74, 6) is 2.98. The first-order valence-electron chi connectivity index (χ1n) is 7.91. The number of rotatable bonds is 2. The average Bonchev–Trinajstić information content (AvgIpc) is 2.95. The summed E-state index contributed by atoms with van der Waals surface area (Å²) in [5.41, 5.74) is 0.183. The normalized spacial score (nSPS) is 26.5. The van der Waals surface area contributed by atoms with E-state index in [1.54, 1.807) is 0 Å². The number of urea groups is 1. The largest absolute Gasteiger partial charge is 0.342 e. The Morgan fingerprint density at radius 3 is 2.43 bits per heavy atom. The van der Waals surface area contributed by atoms with Gasteiger partial charge in [0.05, 0.1) is 6.54 Å². The molecule has 5 nitrogen and oxygen atoms in total. The number of terminal acetylenes is 1. The number of nitrogens with one attached hydrogen (secondary N) is 1. The quantitative estimate of drug-likeness (QED) is 0.773. The van der Waals surface area contributed by atoms with E-state index in [1.165, 1.54) is 0 Å². The van der Waals surface area contributed by atoms with E-state index in [2.05, 4.69) is 11.2 Å². The molecule has 0 radical (unpaired) electrons. The first kappa shape index (κ1) is 14.2. The molecule has 0 aromatic carbocycles. The van der Waals surface area contributed by atoms with Gasteiger partial charge < -0.3 is 15.1 Å². The fourth-order valence-electron chi connectivity index (χ4n) is 3.80. The van der Waals surface area contributed by atoms with Crippen molar-refractivity contribution in [3.05, 3.63) is 0 Å². The Kier molecular flexibility index (Phi) is 3.79. The van der Waals surface area contributed by atoms with Crippen molar-refractivity contribution in [3.8, 4) is 12.3 Å². The number of piperidine rings is 1. The van der Waals surface area contributed by atoms with Crippen LogP contribution in [0.1, 0.15) is 32.1 Å². The van der Waals surface area contributed by atoms with Gasteiger partial charge in [-0.15, -0.1) is 6.42 Å². The maximum Gasteiger partial charge on any atom is 0.318 e. The molecule has 114 valence electrons. The second-order valence-corrected chi connectivity index (χ2v) is 6.50. The average molecular weight is 289 g/mol. The van der Waals surface area contributed by atoms with Gasteiger partial charge in [0.1, 0.15) is 0 Å². The number of hydrogen-bond acceptors (Lipinski definition) is 2. The third-order valence-corrected chi connectivity index (χ3v) is 5.29. The smallest absolute Gasteiger partial charge is 0.318 e. The van der Waals surface area contributed by atoms with E-state index in [0.29, 0.717) is 5.91 Å². The Bertz CT molecular complexity index is 468. The number of likely N-dealkylation sites (tertiary alicyclic amines) is 2. The summed E-state index contributed by atoms with van der Waals surface area (Å²) in [6.45, 7) is 3.62. The van der Waals surface area contributed by atoms with Crippen LogP contribution in [0, 0.1) is 23.7 Å². The zero-order chi connectivity index (χ0) is 14.9. The van der Waals surface area contributed by atoms with Crippen molar-refractivity contribution in [2.75, 3.05) is 32.7 Å². The van der Waals surface area contributed by atoms with Gasteiger partial charge in [0.2, 0.25) is 5.91 Å². The van der Waals surface area contributed by atoms with Crippen LogP contribution in [0.3, 0.4) is 0 Å². The second-order valence-electron chi connectivity index (χ2n) is 6.50. The number of carbonyl (C=O) groups is 2. The zero-order valence-corrected chi connectivity index (χ0v) is 12.4. The van der Waals surface area contributed by atoms with Crippen molar-refractivity contribution in [1.82, 2.24) is 15.1 Å². The van der Waals surface area contributed by atoms with Crippen LogP contribution in [0.25, 0.3) is 0 Å². The van der Waals surface area contributed by atoms with Crippen molar-refractivity contribution in [2.45, 2.75) is 32.1 Å². The molecule has 2 heterocycles. The highest BCUT2D eigenvalue weighted by atomic mass is 16.2. The van der Waals surface area contributed by atoms with Gasteiger partial charge in [-0.3, -0.25) is 4.79 Å². The molecule has 0 aromatic heterocycles. The molecule has 0 bridgehead atoms. The predicted molar refractivity (Wildman–Crippen MR) is 79.4 cm³/mol. The summed E-state index contributed by atoms with van der Waals surface area (Å²) >= 11 is 0. The van der Waals surface area contributed by atoms with Crippen molar-refractivity contribution in [3.63, 3.8) is 0 Å². The minimum atomic E-state index is -0.0779. The molecule has 5 heteroatoms. The monoisotopic (exact) mass is 289 g/mol. The lowest BCUT2D eigenvalue weighted by Crippen LogP contribution is -2.45. The summed E-state index contributed by atoms with van der Waals surface area (Å²) in [6, 6.07) is -0.0779. The van der Waals surface area contributed by atoms with Crippen LogP contribution >= 0.6 is 0 Å². The van der Waals surface area contributed by atoms with E-state index in [0.717, 1.165) is 58.3 Å². The summed E-state index contributed by atoms with van der Waals surface area (Å²) in [4.78, 5) is 28.2. The van der Waals surface area contributed by atoms with Crippen molar-refractivity contribution >= 4 is 11.9 Å². The highest BCUT2D eigenvalue weighted by molar-refractivity contribution is 5.83. The maximum absolute atomic E-state index is 12.4. The Balaban J connectivity index is 1.49. The van der Waals surface area contributed by atoms with Crippen LogP contribution in [0.4, 0.5) is 4.79 Å². The minimum Gasteiger partial charge on any atom is -0.342 e. The first-order chi connectivity index (χ1) is 10.2. The Morgan fingerprint density at radius 2 is 1.81 bits per heavy atom. The Labute approximate surface area is 126 Å². The molecule has 3 fully saturated rings. The highest BCUT2D eigenvalue weighted by Gasteiger charge is 2.59. The lowest BCUT2D eigenvalue weighted by atomic mass is 9.90. The molecule has 1 aliphatic carbocycles. The van der Waals surface area contributed by atoms with E-state index in [-0.39, 0.29) is 23.9 Å². The first-order valence-corrected chi connectivity index (χ1v) is 7.91. The molecule has 21 heavy (non-hydrogen) atoms. The van der Waals surface area contributed by atoms with Crippen LogP contribution < -0.4 is 5.32 Å². The molecule has 1 saturated carbocycles. The highest BCUT2D eigenvalue weighted by Crippen LogP contribution is 2.60. The van der Waals surface area contributed by atoms with Crippen LogP contribution in [-0.4, -0.2) is 54.5 Å². The molecule has 1 N–H and O–H groups in total. The van der Waals surface area contributed by atoms with Gasteiger partial charge in [0.15, 0.2) is 0 Å². The number of hydrogen-bond donors (Lipinski definition) is 1. The number of nitrogens with zero attached hydrogens (tertiary/aromatic N) is 2. The molecule has 0 unspecified atom stereocenters. The van der Waals surface area contributed by atoms with Crippen molar-refractivity contribution in [2.24, 2.45) is 11.3 Å². The van der Waals surface area contributed by atoms with Gasteiger partial charge >= 0.3 is 6.03 Å². The number of carbonyl (C=O) groups excluding carboxylic acids is 2. The van der Waals surface area contributed by atoms with E-state index in [4.69, 9.17) is 6.42 Å². The van der Waals surface area contributed by atoms with Gasteiger partial charge in [-0.25, -0.2) is 4.79 Å². The maximum atomic E-state index is 12.4. The molecular weight excluding hydrogens is 266 g/mol. The zero-order valence-electron chi connectivity index (χ0n) is 12.4. The molecule has 0 aromatic rings. The van der Waals surface area contributed by atoms with Crippen LogP contribution in [0.5, 0.6) is 0 Å². The standard InChI is InChI=1S/C16H23N3O2/c1-2-7-17-15(21)19-10-5-16(6-11-19)12-13(16)14(20)18-8-3-4-9-18/h1,13H,3-12H2,(H,17,21)/t13-/m1/s1. The molecule has 3 aliphatic rings. The van der Waals surface area contributed by atoms with Gasteiger partial charge in [0, 0.05) is 32.1 Å². The topological polar surface area (TPSA) is 52.7 Å².